The number of fused-ring (bicyclic) bond motifs is 1. The number of carbonyl (C=O) groups excluding carboxylic acids is 1. The fourth-order valence-electron chi connectivity index (χ4n) is 2.98. The molecule has 28 heavy (non-hydrogen) atoms. The topological polar surface area (TPSA) is 68.0 Å². The van der Waals surface area contributed by atoms with Crippen LogP contribution in [0.15, 0.2) is 75.6 Å². The average Bonchev–Trinajstić information content (AvgIpc) is 3.06. The molecule has 4 rings (SSSR count). The fourth-order valence-corrected chi connectivity index (χ4v) is 3.79. The van der Waals surface area contributed by atoms with Crippen LogP contribution in [0.2, 0.25) is 0 Å². The number of rotatable bonds is 5. The maximum Gasteiger partial charge on any atom is 0.228 e. The second-order valence-electron chi connectivity index (χ2n) is 6.60. The Labute approximate surface area is 167 Å². The fraction of sp³-hybridized carbons (Fsp3) is 0.136. The van der Waals surface area contributed by atoms with Gasteiger partial charge in [-0.15, -0.1) is 0 Å². The first-order valence-electron chi connectivity index (χ1n) is 8.90. The highest BCUT2D eigenvalue weighted by atomic mass is 32.2. The lowest BCUT2D eigenvalue weighted by Gasteiger charge is -2.10. The van der Waals surface area contributed by atoms with Gasteiger partial charge in [-0.1, -0.05) is 12.1 Å². The summed E-state index contributed by atoms with van der Waals surface area (Å²) in [4.78, 5) is 22.0. The van der Waals surface area contributed by atoms with Gasteiger partial charge in [-0.25, -0.2) is 9.97 Å². The number of anilines is 1. The standard InChI is InChI=1S/C22H19N3O2S/c1-14-4-6-18-16(13-27-20(18)10-14)12-21(26)25-19-7-5-17(11-15(19)2)28-22-23-8-3-9-24-22/h3-11,13H,12H2,1-2H3,(H,25,26). The Morgan fingerprint density at radius 2 is 1.93 bits per heavy atom. The summed E-state index contributed by atoms with van der Waals surface area (Å²) in [6.07, 6.45) is 5.37. The van der Waals surface area contributed by atoms with Gasteiger partial charge in [0.15, 0.2) is 5.16 Å². The summed E-state index contributed by atoms with van der Waals surface area (Å²) in [5, 5.41) is 4.67. The maximum atomic E-state index is 12.5. The SMILES string of the molecule is Cc1ccc2c(CC(=O)Nc3ccc(Sc4ncccn4)cc3C)coc2c1. The lowest BCUT2D eigenvalue weighted by molar-refractivity contribution is -0.115. The maximum absolute atomic E-state index is 12.5. The van der Waals surface area contributed by atoms with E-state index >= 15 is 0 Å². The molecule has 140 valence electrons. The zero-order valence-electron chi connectivity index (χ0n) is 15.6. The van der Waals surface area contributed by atoms with Crippen molar-refractivity contribution in [1.82, 2.24) is 9.97 Å². The van der Waals surface area contributed by atoms with Crippen molar-refractivity contribution in [2.75, 3.05) is 5.32 Å². The van der Waals surface area contributed by atoms with Gasteiger partial charge in [0.25, 0.3) is 0 Å². The third-order valence-corrected chi connectivity index (χ3v) is 5.27. The zero-order chi connectivity index (χ0) is 19.5. The number of carbonyl (C=O) groups is 1. The van der Waals surface area contributed by atoms with Crippen LogP contribution >= 0.6 is 11.8 Å². The van der Waals surface area contributed by atoms with Crippen LogP contribution in [-0.2, 0) is 11.2 Å². The van der Waals surface area contributed by atoms with Crippen molar-refractivity contribution in [2.45, 2.75) is 30.3 Å². The quantitative estimate of drug-likeness (QED) is 0.477. The Morgan fingerprint density at radius 3 is 2.71 bits per heavy atom. The van der Waals surface area contributed by atoms with Crippen molar-refractivity contribution in [3.05, 3.63) is 77.8 Å². The van der Waals surface area contributed by atoms with E-state index in [4.69, 9.17) is 4.42 Å². The van der Waals surface area contributed by atoms with Crippen LogP contribution in [-0.4, -0.2) is 15.9 Å². The summed E-state index contributed by atoms with van der Waals surface area (Å²) >= 11 is 1.49. The molecule has 2 heterocycles. The van der Waals surface area contributed by atoms with Gasteiger partial charge >= 0.3 is 0 Å². The van der Waals surface area contributed by atoms with Crippen molar-refractivity contribution in [3.8, 4) is 0 Å². The lowest BCUT2D eigenvalue weighted by atomic mass is 10.1. The Hall–Kier alpha value is -3.12. The van der Waals surface area contributed by atoms with Crippen molar-refractivity contribution < 1.29 is 9.21 Å². The highest BCUT2D eigenvalue weighted by Crippen LogP contribution is 2.28. The highest BCUT2D eigenvalue weighted by Gasteiger charge is 2.12. The van der Waals surface area contributed by atoms with E-state index in [0.29, 0.717) is 5.16 Å². The van der Waals surface area contributed by atoms with Crippen molar-refractivity contribution in [1.29, 1.82) is 0 Å². The minimum absolute atomic E-state index is 0.0711. The first-order chi connectivity index (χ1) is 13.6. The molecule has 0 atom stereocenters. The number of aromatic nitrogens is 2. The Balaban J connectivity index is 1.45. The average molecular weight is 389 g/mol. The molecule has 0 fully saturated rings. The summed E-state index contributed by atoms with van der Waals surface area (Å²) in [6.45, 7) is 3.99. The largest absolute Gasteiger partial charge is 0.464 e. The first kappa shape index (κ1) is 18.3. The number of nitrogens with one attached hydrogen (secondary N) is 1. The van der Waals surface area contributed by atoms with E-state index in [2.05, 4.69) is 15.3 Å². The normalized spacial score (nSPS) is 10.9. The van der Waals surface area contributed by atoms with Crippen molar-refractivity contribution in [2.24, 2.45) is 0 Å². The molecule has 4 aromatic rings. The van der Waals surface area contributed by atoms with Crippen molar-refractivity contribution >= 4 is 34.3 Å². The van der Waals surface area contributed by atoms with E-state index in [1.807, 2.05) is 50.2 Å². The number of aryl methyl sites for hydroxylation is 2. The molecule has 2 aromatic carbocycles. The smallest absolute Gasteiger partial charge is 0.228 e. The molecule has 0 saturated heterocycles. The van der Waals surface area contributed by atoms with Gasteiger partial charge < -0.3 is 9.73 Å². The molecule has 1 amide bonds. The van der Waals surface area contributed by atoms with Crippen LogP contribution in [0.1, 0.15) is 16.7 Å². The summed E-state index contributed by atoms with van der Waals surface area (Å²) in [7, 11) is 0. The number of hydrogen-bond acceptors (Lipinski definition) is 5. The molecule has 6 heteroatoms. The molecule has 1 N–H and O–H groups in total. The van der Waals surface area contributed by atoms with E-state index in [1.54, 1.807) is 24.7 Å². The number of benzene rings is 2. The van der Waals surface area contributed by atoms with Crippen molar-refractivity contribution in [3.63, 3.8) is 0 Å². The molecule has 0 aliphatic rings. The van der Waals surface area contributed by atoms with E-state index in [0.717, 1.165) is 38.2 Å². The summed E-state index contributed by atoms with van der Waals surface area (Å²) in [5.41, 5.74) is 4.61. The van der Waals surface area contributed by atoms with Gasteiger partial charge in [-0.05, 0) is 67.1 Å². The van der Waals surface area contributed by atoms with Crippen LogP contribution in [0.25, 0.3) is 11.0 Å². The summed E-state index contributed by atoms with van der Waals surface area (Å²) in [6, 6.07) is 13.7. The molecule has 2 aromatic heterocycles. The number of furan rings is 1. The minimum Gasteiger partial charge on any atom is -0.464 e. The molecule has 5 nitrogen and oxygen atoms in total. The van der Waals surface area contributed by atoms with E-state index < -0.39 is 0 Å². The lowest BCUT2D eigenvalue weighted by Crippen LogP contribution is -2.15. The monoisotopic (exact) mass is 389 g/mol. The number of amides is 1. The van der Waals surface area contributed by atoms with E-state index in [1.165, 1.54) is 11.8 Å². The van der Waals surface area contributed by atoms with Crippen LogP contribution in [0, 0.1) is 13.8 Å². The molecule has 0 radical (unpaired) electrons. The third kappa shape index (κ3) is 4.07. The highest BCUT2D eigenvalue weighted by molar-refractivity contribution is 7.99. The Morgan fingerprint density at radius 1 is 1.11 bits per heavy atom. The predicted molar refractivity (Wildman–Crippen MR) is 111 cm³/mol. The van der Waals surface area contributed by atoms with Gasteiger partial charge in [-0.2, -0.15) is 0 Å². The number of hydrogen-bond donors (Lipinski definition) is 1. The Kier molecular flexibility index (Phi) is 5.12. The second kappa shape index (κ2) is 7.86. The minimum atomic E-state index is -0.0711. The van der Waals surface area contributed by atoms with E-state index in [-0.39, 0.29) is 12.3 Å². The molecule has 0 saturated carbocycles. The van der Waals surface area contributed by atoms with Gasteiger partial charge in [0.1, 0.15) is 5.58 Å². The Bertz CT molecular complexity index is 1140. The van der Waals surface area contributed by atoms with Crippen LogP contribution < -0.4 is 5.32 Å². The molecule has 0 bridgehead atoms. The number of nitrogens with zero attached hydrogens (tertiary/aromatic N) is 2. The van der Waals surface area contributed by atoms with Crippen LogP contribution in [0.3, 0.4) is 0 Å². The van der Waals surface area contributed by atoms with Crippen LogP contribution in [0.4, 0.5) is 5.69 Å². The predicted octanol–water partition coefficient (Wildman–Crippen LogP) is 5.17. The summed E-state index contributed by atoms with van der Waals surface area (Å²) in [5.74, 6) is -0.0711. The third-order valence-electron chi connectivity index (χ3n) is 4.39. The molecule has 0 aliphatic carbocycles. The van der Waals surface area contributed by atoms with Gasteiger partial charge in [0.05, 0.1) is 12.7 Å². The molecular weight excluding hydrogens is 370 g/mol. The molecule has 0 aliphatic heterocycles. The summed E-state index contributed by atoms with van der Waals surface area (Å²) < 4.78 is 5.58. The second-order valence-corrected chi connectivity index (χ2v) is 7.64. The van der Waals surface area contributed by atoms with Gasteiger partial charge in [0.2, 0.25) is 5.91 Å². The zero-order valence-corrected chi connectivity index (χ0v) is 16.4. The first-order valence-corrected chi connectivity index (χ1v) is 9.72. The van der Waals surface area contributed by atoms with Crippen LogP contribution in [0.5, 0.6) is 0 Å². The van der Waals surface area contributed by atoms with E-state index in [9.17, 15) is 4.79 Å². The molecule has 0 spiro atoms. The van der Waals surface area contributed by atoms with Gasteiger partial charge in [-0.3, -0.25) is 4.79 Å². The molecule has 0 unspecified atom stereocenters. The molecular formula is C22H19N3O2S. The van der Waals surface area contributed by atoms with Gasteiger partial charge in [0, 0.05) is 33.9 Å².